The number of hydrogen-bond acceptors (Lipinski definition) is 2. The SMILES string of the molecule is CC.CC.Cc1ccc2c(c1)CC(C)OC2=O. The number of carbonyl (C=O) groups excluding carboxylic acids is 1. The number of rotatable bonds is 0. The zero-order chi connectivity index (χ0) is 13.4. The van der Waals surface area contributed by atoms with Crippen LogP contribution < -0.4 is 0 Å². The van der Waals surface area contributed by atoms with Crippen LogP contribution in [0.2, 0.25) is 0 Å². The van der Waals surface area contributed by atoms with Crippen molar-refractivity contribution in [3.05, 3.63) is 34.9 Å². The largest absolute Gasteiger partial charge is 0.459 e. The van der Waals surface area contributed by atoms with E-state index < -0.39 is 0 Å². The lowest BCUT2D eigenvalue weighted by atomic mass is 9.97. The third-order valence-electron chi connectivity index (χ3n) is 2.30. The second-order valence-electron chi connectivity index (χ2n) is 3.58. The molecule has 1 aromatic carbocycles. The Hall–Kier alpha value is -1.31. The summed E-state index contributed by atoms with van der Waals surface area (Å²) in [4.78, 5) is 11.4. The van der Waals surface area contributed by atoms with Crippen molar-refractivity contribution in [2.24, 2.45) is 0 Å². The van der Waals surface area contributed by atoms with E-state index in [4.69, 9.17) is 4.74 Å². The smallest absolute Gasteiger partial charge is 0.338 e. The normalized spacial score (nSPS) is 16.6. The molecule has 0 radical (unpaired) electrons. The lowest BCUT2D eigenvalue weighted by molar-refractivity contribution is 0.0301. The molecule has 0 saturated heterocycles. The highest BCUT2D eigenvalue weighted by Crippen LogP contribution is 2.21. The third-order valence-corrected chi connectivity index (χ3v) is 2.30. The van der Waals surface area contributed by atoms with Crippen LogP contribution in [0.5, 0.6) is 0 Å². The van der Waals surface area contributed by atoms with Gasteiger partial charge in [-0.25, -0.2) is 4.79 Å². The van der Waals surface area contributed by atoms with Crippen molar-refractivity contribution < 1.29 is 9.53 Å². The average molecular weight is 236 g/mol. The summed E-state index contributed by atoms with van der Waals surface area (Å²) in [5.74, 6) is -0.186. The quantitative estimate of drug-likeness (QED) is 0.632. The molecule has 2 heteroatoms. The van der Waals surface area contributed by atoms with Gasteiger partial charge in [0.05, 0.1) is 5.56 Å². The van der Waals surface area contributed by atoms with Gasteiger partial charge in [0, 0.05) is 6.42 Å². The van der Waals surface area contributed by atoms with Gasteiger partial charge in [-0.1, -0.05) is 45.4 Å². The number of benzene rings is 1. The maximum Gasteiger partial charge on any atom is 0.338 e. The van der Waals surface area contributed by atoms with Crippen molar-refractivity contribution in [1.29, 1.82) is 0 Å². The summed E-state index contributed by atoms with van der Waals surface area (Å²) in [7, 11) is 0. The molecule has 17 heavy (non-hydrogen) atoms. The summed E-state index contributed by atoms with van der Waals surface area (Å²) >= 11 is 0. The molecule has 0 aliphatic carbocycles. The molecule has 1 unspecified atom stereocenters. The molecular weight excluding hydrogens is 212 g/mol. The number of hydrogen-bond donors (Lipinski definition) is 0. The van der Waals surface area contributed by atoms with Gasteiger partial charge in [-0.3, -0.25) is 0 Å². The average Bonchev–Trinajstić information content (AvgIpc) is 2.33. The highest BCUT2D eigenvalue weighted by atomic mass is 16.5. The molecule has 2 nitrogen and oxygen atoms in total. The number of cyclic esters (lactones) is 1. The Morgan fingerprint density at radius 3 is 2.35 bits per heavy atom. The molecule has 0 fully saturated rings. The lowest BCUT2D eigenvalue weighted by Gasteiger charge is -2.21. The molecule has 96 valence electrons. The summed E-state index contributed by atoms with van der Waals surface area (Å²) < 4.78 is 5.11. The first-order chi connectivity index (χ1) is 8.16. The molecule has 1 aliphatic rings. The molecule has 0 spiro atoms. The van der Waals surface area contributed by atoms with Gasteiger partial charge in [0.15, 0.2) is 0 Å². The van der Waals surface area contributed by atoms with Gasteiger partial charge in [0.2, 0.25) is 0 Å². The Balaban J connectivity index is 0.000000581. The Bertz CT molecular complexity index is 356. The number of fused-ring (bicyclic) bond motifs is 1. The van der Waals surface area contributed by atoms with Gasteiger partial charge in [0.1, 0.15) is 6.10 Å². The fraction of sp³-hybridized carbons (Fsp3) is 0.533. The summed E-state index contributed by atoms with van der Waals surface area (Å²) in [6, 6.07) is 5.85. The monoisotopic (exact) mass is 236 g/mol. The predicted molar refractivity (Wildman–Crippen MR) is 72.5 cm³/mol. The van der Waals surface area contributed by atoms with Crippen LogP contribution in [0.25, 0.3) is 0 Å². The summed E-state index contributed by atoms with van der Waals surface area (Å²) in [6.45, 7) is 12.0. The van der Waals surface area contributed by atoms with E-state index in [1.54, 1.807) is 0 Å². The minimum Gasteiger partial charge on any atom is -0.459 e. The van der Waals surface area contributed by atoms with Crippen LogP contribution in [0.15, 0.2) is 18.2 Å². The molecule has 1 aromatic rings. The molecule has 0 N–H and O–H groups in total. The van der Waals surface area contributed by atoms with E-state index in [0.717, 1.165) is 17.5 Å². The Morgan fingerprint density at radius 2 is 1.76 bits per heavy atom. The highest BCUT2D eigenvalue weighted by Gasteiger charge is 2.22. The molecule has 1 aliphatic heterocycles. The van der Waals surface area contributed by atoms with Crippen LogP contribution in [0.3, 0.4) is 0 Å². The summed E-state index contributed by atoms with van der Waals surface area (Å²) in [5.41, 5.74) is 3.04. The standard InChI is InChI=1S/C11H12O2.2C2H6/c1-7-3-4-10-9(5-7)6-8(2)13-11(10)12;2*1-2/h3-5,8H,6H2,1-2H3;2*1-2H3. The van der Waals surface area contributed by atoms with Crippen LogP contribution >= 0.6 is 0 Å². The first-order valence-corrected chi connectivity index (χ1v) is 6.47. The minimum atomic E-state index is -0.186. The van der Waals surface area contributed by atoms with Gasteiger partial charge in [-0.05, 0) is 25.5 Å². The van der Waals surface area contributed by atoms with E-state index in [9.17, 15) is 4.79 Å². The molecule has 1 heterocycles. The maximum absolute atomic E-state index is 11.4. The Labute approximate surface area is 105 Å². The highest BCUT2D eigenvalue weighted by molar-refractivity contribution is 5.92. The zero-order valence-electron chi connectivity index (χ0n) is 11.8. The number of ether oxygens (including phenoxy) is 1. The summed E-state index contributed by atoms with van der Waals surface area (Å²) in [5, 5.41) is 0. The molecule has 0 bridgehead atoms. The van der Waals surface area contributed by atoms with Gasteiger partial charge in [-0.15, -0.1) is 0 Å². The van der Waals surface area contributed by atoms with Gasteiger partial charge >= 0.3 is 5.97 Å². The molecule has 0 saturated carbocycles. The van der Waals surface area contributed by atoms with Gasteiger partial charge in [0.25, 0.3) is 0 Å². The van der Waals surface area contributed by atoms with Crippen LogP contribution in [0, 0.1) is 6.92 Å². The van der Waals surface area contributed by atoms with E-state index >= 15 is 0 Å². The first-order valence-electron chi connectivity index (χ1n) is 6.47. The maximum atomic E-state index is 11.4. The first kappa shape index (κ1) is 15.7. The van der Waals surface area contributed by atoms with E-state index in [1.807, 2.05) is 53.7 Å². The van der Waals surface area contributed by atoms with Crippen molar-refractivity contribution in [3.8, 4) is 0 Å². The van der Waals surface area contributed by atoms with E-state index in [0.29, 0.717) is 0 Å². The molecule has 0 aromatic heterocycles. The Morgan fingerprint density at radius 1 is 1.18 bits per heavy atom. The summed E-state index contributed by atoms with van der Waals surface area (Å²) in [6.07, 6.45) is 0.852. The van der Waals surface area contributed by atoms with Crippen molar-refractivity contribution in [3.63, 3.8) is 0 Å². The number of esters is 1. The van der Waals surface area contributed by atoms with Gasteiger partial charge in [-0.2, -0.15) is 0 Å². The van der Waals surface area contributed by atoms with Crippen LogP contribution in [0.1, 0.15) is 56.1 Å². The number of aryl methyl sites for hydroxylation is 1. The number of carbonyl (C=O) groups is 1. The molecule has 0 amide bonds. The predicted octanol–water partition coefficient (Wildman–Crippen LogP) is 4.15. The molecular formula is C15H24O2. The second kappa shape index (κ2) is 7.88. The fourth-order valence-electron chi connectivity index (χ4n) is 1.69. The van der Waals surface area contributed by atoms with Crippen LogP contribution in [-0.2, 0) is 11.2 Å². The topological polar surface area (TPSA) is 26.3 Å². The molecule has 1 atom stereocenters. The lowest BCUT2D eigenvalue weighted by Crippen LogP contribution is -2.25. The van der Waals surface area contributed by atoms with Crippen molar-refractivity contribution in [2.75, 3.05) is 0 Å². The second-order valence-corrected chi connectivity index (χ2v) is 3.58. The van der Waals surface area contributed by atoms with E-state index in [-0.39, 0.29) is 12.1 Å². The Kier molecular flexibility index (Phi) is 7.27. The van der Waals surface area contributed by atoms with Crippen LogP contribution in [0.4, 0.5) is 0 Å². The van der Waals surface area contributed by atoms with E-state index in [2.05, 4.69) is 6.07 Å². The zero-order valence-corrected chi connectivity index (χ0v) is 11.8. The van der Waals surface area contributed by atoms with E-state index in [1.165, 1.54) is 5.56 Å². The third kappa shape index (κ3) is 4.22. The van der Waals surface area contributed by atoms with Gasteiger partial charge < -0.3 is 4.74 Å². The van der Waals surface area contributed by atoms with Crippen molar-refractivity contribution >= 4 is 5.97 Å². The van der Waals surface area contributed by atoms with Crippen molar-refractivity contribution in [2.45, 2.75) is 54.1 Å². The molecule has 2 rings (SSSR count). The minimum absolute atomic E-state index is 0.0156. The van der Waals surface area contributed by atoms with Crippen molar-refractivity contribution in [1.82, 2.24) is 0 Å². The van der Waals surface area contributed by atoms with Crippen LogP contribution in [-0.4, -0.2) is 12.1 Å². The fourth-order valence-corrected chi connectivity index (χ4v) is 1.69.